The Balaban J connectivity index is 1.61. The third kappa shape index (κ3) is 4.16. The van der Waals surface area contributed by atoms with E-state index in [0.717, 1.165) is 30.9 Å². The first-order chi connectivity index (χ1) is 12.6. The van der Waals surface area contributed by atoms with E-state index in [2.05, 4.69) is 11.0 Å². The Kier molecular flexibility index (Phi) is 5.77. The van der Waals surface area contributed by atoms with Gasteiger partial charge >= 0.3 is 0 Å². The predicted molar refractivity (Wildman–Crippen MR) is 100 cm³/mol. The summed E-state index contributed by atoms with van der Waals surface area (Å²) in [5.74, 6) is 0.795. The first-order valence-corrected chi connectivity index (χ1v) is 8.82. The number of nitriles is 1. The lowest BCUT2D eigenvalue weighted by Crippen LogP contribution is -2.48. The maximum Gasteiger partial charge on any atom is 0.253 e. The van der Waals surface area contributed by atoms with E-state index in [1.807, 2.05) is 23.1 Å². The summed E-state index contributed by atoms with van der Waals surface area (Å²) in [5.41, 5.74) is 2.11. The molecule has 1 amide bonds. The quantitative estimate of drug-likeness (QED) is 0.830. The highest BCUT2D eigenvalue weighted by atomic mass is 35.5. The summed E-state index contributed by atoms with van der Waals surface area (Å²) in [4.78, 5) is 16.8. The highest BCUT2D eigenvalue weighted by Crippen LogP contribution is 2.24. The van der Waals surface area contributed by atoms with Gasteiger partial charge in [-0.15, -0.1) is 0 Å². The standard InChI is InChI=1S/C20H20ClN3O2/c1-26-19-6-5-18(21)12-17(19)14-23-7-9-24(10-8-23)20(25)16-4-2-3-15(11-16)13-22/h2-6,11-12H,7-10,14H2,1H3. The Labute approximate surface area is 158 Å². The van der Waals surface area contributed by atoms with Crippen LogP contribution in [0.3, 0.4) is 0 Å². The van der Waals surface area contributed by atoms with Crippen LogP contribution in [-0.2, 0) is 6.54 Å². The van der Waals surface area contributed by atoms with Crippen molar-refractivity contribution in [1.82, 2.24) is 9.80 Å². The lowest BCUT2D eigenvalue weighted by molar-refractivity contribution is 0.0627. The van der Waals surface area contributed by atoms with Gasteiger partial charge in [0.25, 0.3) is 5.91 Å². The van der Waals surface area contributed by atoms with Crippen molar-refractivity contribution >= 4 is 17.5 Å². The molecule has 0 bridgehead atoms. The fourth-order valence-corrected chi connectivity index (χ4v) is 3.32. The summed E-state index contributed by atoms with van der Waals surface area (Å²) in [6, 6.07) is 14.5. The molecular weight excluding hydrogens is 350 g/mol. The molecule has 0 atom stereocenters. The van der Waals surface area contributed by atoms with Crippen LogP contribution in [0.5, 0.6) is 5.75 Å². The van der Waals surface area contributed by atoms with Crippen molar-refractivity contribution in [1.29, 1.82) is 5.26 Å². The minimum absolute atomic E-state index is 0.0258. The first-order valence-electron chi connectivity index (χ1n) is 8.45. The van der Waals surface area contributed by atoms with Gasteiger partial charge < -0.3 is 9.64 Å². The SMILES string of the molecule is COc1ccc(Cl)cc1CN1CCN(C(=O)c2cccc(C#N)c2)CC1. The molecule has 3 rings (SSSR count). The third-order valence-corrected chi connectivity index (χ3v) is 4.77. The van der Waals surface area contributed by atoms with Crippen molar-refractivity contribution in [2.24, 2.45) is 0 Å². The average Bonchev–Trinajstić information content (AvgIpc) is 2.68. The molecule has 26 heavy (non-hydrogen) atoms. The molecule has 5 nitrogen and oxygen atoms in total. The normalized spacial score (nSPS) is 14.7. The van der Waals surface area contributed by atoms with Gasteiger partial charge in [0.2, 0.25) is 0 Å². The Hall–Kier alpha value is -2.55. The largest absolute Gasteiger partial charge is 0.496 e. The molecule has 0 aromatic heterocycles. The number of carbonyl (C=O) groups excluding carboxylic acids is 1. The Bertz CT molecular complexity index is 839. The molecule has 0 spiro atoms. The molecular formula is C20H20ClN3O2. The number of hydrogen-bond donors (Lipinski definition) is 0. The Morgan fingerprint density at radius 1 is 1.19 bits per heavy atom. The molecule has 2 aromatic carbocycles. The zero-order chi connectivity index (χ0) is 18.5. The monoisotopic (exact) mass is 369 g/mol. The molecule has 1 saturated heterocycles. The molecule has 0 radical (unpaired) electrons. The number of methoxy groups -OCH3 is 1. The summed E-state index contributed by atoms with van der Waals surface area (Å²) >= 11 is 6.10. The fourth-order valence-electron chi connectivity index (χ4n) is 3.13. The maximum atomic E-state index is 12.6. The smallest absolute Gasteiger partial charge is 0.253 e. The van der Waals surface area contributed by atoms with Crippen LogP contribution in [-0.4, -0.2) is 49.0 Å². The van der Waals surface area contributed by atoms with Crippen LogP contribution in [0.25, 0.3) is 0 Å². The molecule has 2 aromatic rings. The van der Waals surface area contributed by atoms with Gasteiger partial charge in [-0.05, 0) is 36.4 Å². The second-order valence-electron chi connectivity index (χ2n) is 6.22. The van der Waals surface area contributed by atoms with Crippen LogP contribution in [0.2, 0.25) is 5.02 Å². The molecule has 1 fully saturated rings. The van der Waals surface area contributed by atoms with E-state index in [0.29, 0.717) is 29.2 Å². The number of amides is 1. The van der Waals surface area contributed by atoms with E-state index in [1.54, 1.807) is 31.4 Å². The van der Waals surface area contributed by atoms with Crippen molar-refractivity contribution in [2.45, 2.75) is 6.54 Å². The lowest BCUT2D eigenvalue weighted by Gasteiger charge is -2.35. The molecule has 0 aliphatic carbocycles. The second-order valence-corrected chi connectivity index (χ2v) is 6.65. The average molecular weight is 370 g/mol. The van der Waals surface area contributed by atoms with Gasteiger partial charge in [-0.2, -0.15) is 5.26 Å². The summed E-state index contributed by atoms with van der Waals surface area (Å²) in [6.07, 6.45) is 0. The van der Waals surface area contributed by atoms with E-state index in [-0.39, 0.29) is 5.91 Å². The number of carbonyl (C=O) groups is 1. The minimum Gasteiger partial charge on any atom is -0.496 e. The summed E-state index contributed by atoms with van der Waals surface area (Å²) < 4.78 is 5.40. The van der Waals surface area contributed by atoms with Gasteiger partial charge in [0.15, 0.2) is 0 Å². The van der Waals surface area contributed by atoms with E-state index in [9.17, 15) is 4.79 Å². The number of halogens is 1. The van der Waals surface area contributed by atoms with Gasteiger partial charge in [-0.1, -0.05) is 17.7 Å². The molecule has 1 aliphatic heterocycles. The van der Waals surface area contributed by atoms with E-state index in [4.69, 9.17) is 21.6 Å². The number of nitrogens with zero attached hydrogens (tertiary/aromatic N) is 3. The summed E-state index contributed by atoms with van der Waals surface area (Å²) in [7, 11) is 1.65. The highest BCUT2D eigenvalue weighted by molar-refractivity contribution is 6.30. The van der Waals surface area contributed by atoms with Crippen LogP contribution < -0.4 is 4.74 Å². The predicted octanol–water partition coefficient (Wildman–Crippen LogP) is 3.18. The van der Waals surface area contributed by atoms with Crippen LogP contribution in [0.15, 0.2) is 42.5 Å². The molecule has 0 saturated carbocycles. The Morgan fingerprint density at radius 2 is 1.96 bits per heavy atom. The highest BCUT2D eigenvalue weighted by Gasteiger charge is 2.23. The van der Waals surface area contributed by atoms with E-state index in [1.165, 1.54) is 0 Å². The minimum atomic E-state index is -0.0258. The summed E-state index contributed by atoms with van der Waals surface area (Å²) in [5, 5.41) is 9.68. The van der Waals surface area contributed by atoms with Gasteiger partial charge in [0.1, 0.15) is 5.75 Å². The number of ether oxygens (including phenoxy) is 1. The van der Waals surface area contributed by atoms with E-state index >= 15 is 0 Å². The third-order valence-electron chi connectivity index (χ3n) is 4.53. The Morgan fingerprint density at radius 3 is 2.65 bits per heavy atom. The number of rotatable bonds is 4. The molecule has 134 valence electrons. The molecule has 1 aliphatic rings. The van der Waals surface area contributed by atoms with Crippen molar-refractivity contribution in [3.8, 4) is 11.8 Å². The molecule has 1 heterocycles. The van der Waals surface area contributed by atoms with Crippen molar-refractivity contribution < 1.29 is 9.53 Å². The fraction of sp³-hybridized carbons (Fsp3) is 0.300. The lowest BCUT2D eigenvalue weighted by atomic mass is 10.1. The molecule has 6 heteroatoms. The molecule has 0 unspecified atom stereocenters. The number of piperazine rings is 1. The van der Waals surface area contributed by atoms with Crippen LogP contribution >= 0.6 is 11.6 Å². The van der Waals surface area contributed by atoms with Gasteiger partial charge in [0, 0.05) is 48.9 Å². The van der Waals surface area contributed by atoms with Gasteiger partial charge in [0.05, 0.1) is 18.7 Å². The topological polar surface area (TPSA) is 56.6 Å². The first kappa shape index (κ1) is 18.2. The van der Waals surface area contributed by atoms with Crippen molar-refractivity contribution in [2.75, 3.05) is 33.3 Å². The molecule has 0 N–H and O–H groups in total. The van der Waals surface area contributed by atoms with Crippen molar-refractivity contribution in [3.63, 3.8) is 0 Å². The van der Waals surface area contributed by atoms with Crippen molar-refractivity contribution in [3.05, 3.63) is 64.2 Å². The van der Waals surface area contributed by atoms with Gasteiger partial charge in [-0.3, -0.25) is 9.69 Å². The number of benzene rings is 2. The van der Waals surface area contributed by atoms with Gasteiger partial charge in [-0.25, -0.2) is 0 Å². The zero-order valence-electron chi connectivity index (χ0n) is 14.6. The summed E-state index contributed by atoms with van der Waals surface area (Å²) in [6.45, 7) is 3.59. The second kappa shape index (κ2) is 8.22. The van der Waals surface area contributed by atoms with E-state index < -0.39 is 0 Å². The van der Waals surface area contributed by atoms with Crippen LogP contribution in [0.4, 0.5) is 0 Å². The van der Waals surface area contributed by atoms with Crippen LogP contribution in [0, 0.1) is 11.3 Å². The maximum absolute atomic E-state index is 12.6. The zero-order valence-corrected chi connectivity index (χ0v) is 15.4. The van der Waals surface area contributed by atoms with Crippen LogP contribution in [0.1, 0.15) is 21.5 Å². The number of hydrogen-bond acceptors (Lipinski definition) is 4.